The number of nitrogens with zero attached hydrogens (tertiary/aromatic N) is 2. The molecule has 0 aromatic rings. The Labute approximate surface area is 257 Å². The summed E-state index contributed by atoms with van der Waals surface area (Å²) in [5, 5.41) is 39.1. The number of esters is 1. The van der Waals surface area contributed by atoms with Crippen molar-refractivity contribution in [2.75, 3.05) is 20.6 Å². The Kier molecular flexibility index (Phi) is 15.7. The van der Waals surface area contributed by atoms with Gasteiger partial charge in [-0.2, -0.15) is 0 Å². The van der Waals surface area contributed by atoms with Crippen molar-refractivity contribution in [2.45, 2.75) is 136 Å². The molecule has 0 radical (unpaired) electrons. The molecule has 0 bridgehead atoms. The van der Waals surface area contributed by atoms with E-state index >= 15 is 0 Å². The highest BCUT2D eigenvalue weighted by atomic mass is 16.7. The highest BCUT2D eigenvalue weighted by Gasteiger charge is 2.43. The lowest BCUT2D eigenvalue weighted by Gasteiger charge is -2.38. The lowest BCUT2D eigenvalue weighted by Crippen LogP contribution is -2.49. The van der Waals surface area contributed by atoms with Crippen LogP contribution >= 0.6 is 0 Å². The normalized spacial score (nSPS) is 38.5. The van der Waals surface area contributed by atoms with E-state index in [0.717, 1.165) is 12.8 Å². The number of aliphatic hydroxyl groups excluding tert-OH is 2. The largest absolute Gasteiger partial charge is 0.506 e. The standard InChI is InChI=1S/C23H41NO8.C8H17NO2/c1-8-18-23(7,32-22(29)30)11-14(3)12-24(21(27)28)16(5)10-13(2)9-15(4)19(25)17(6)20(26)31-18;1-6-4-7(9(2)3)5-8(10)11-6/h13-19,25H,8-12H2,1-7H3,(H,27,28)(H,29,30);6-8,10H,4-5H2,1-3H3/t13?,14-,15?,16-,17?,18?,19?,23+;/m1./s1. The first kappa shape index (κ1) is 38.9. The van der Waals surface area contributed by atoms with E-state index in [4.69, 9.17) is 14.2 Å². The Morgan fingerprint density at radius 2 is 1.60 bits per heavy atom. The minimum Gasteiger partial charge on any atom is -0.465 e. The summed E-state index contributed by atoms with van der Waals surface area (Å²) < 4.78 is 16.1. The second-order valence-corrected chi connectivity index (χ2v) is 13.4. The number of hydrogen-bond acceptors (Lipinski definition) is 9. The van der Waals surface area contributed by atoms with Crippen molar-refractivity contribution < 1.29 is 49.0 Å². The van der Waals surface area contributed by atoms with Gasteiger partial charge in [-0.05, 0) is 91.6 Å². The van der Waals surface area contributed by atoms with E-state index < -0.39 is 48.2 Å². The molecule has 11 atom stereocenters. The maximum absolute atomic E-state index is 12.8. The fourth-order valence-corrected chi connectivity index (χ4v) is 6.59. The Balaban J connectivity index is 0.000000699. The molecule has 0 spiro atoms. The van der Waals surface area contributed by atoms with Crippen LogP contribution in [0.15, 0.2) is 0 Å². The van der Waals surface area contributed by atoms with Gasteiger partial charge in [0.15, 0.2) is 6.29 Å². The third kappa shape index (κ3) is 12.4. The highest BCUT2D eigenvalue weighted by Crippen LogP contribution is 2.33. The monoisotopic (exact) mass is 618 g/mol. The van der Waals surface area contributed by atoms with Gasteiger partial charge in [0.2, 0.25) is 0 Å². The van der Waals surface area contributed by atoms with E-state index in [0.29, 0.717) is 25.3 Å². The summed E-state index contributed by atoms with van der Waals surface area (Å²) in [4.78, 5) is 39.8. The first-order valence-electron chi connectivity index (χ1n) is 15.6. The Bertz CT molecular complexity index is 879. The molecule has 43 heavy (non-hydrogen) atoms. The number of cyclic esters (lactones) is 1. The molecule has 2 saturated heterocycles. The summed E-state index contributed by atoms with van der Waals surface area (Å²) in [7, 11) is 4.07. The van der Waals surface area contributed by atoms with Gasteiger partial charge in [-0.15, -0.1) is 0 Å². The molecule has 2 aliphatic rings. The lowest BCUT2D eigenvalue weighted by molar-refractivity contribution is -0.176. The van der Waals surface area contributed by atoms with Crippen molar-refractivity contribution in [1.29, 1.82) is 0 Å². The predicted molar refractivity (Wildman–Crippen MR) is 162 cm³/mol. The average Bonchev–Trinajstić information content (AvgIpc) is 2.87. The summed E-state index contributed by atoms with van der Waals surface area (Å²) in [5.74, 6) is -1.73. The van der Waals surface area contributed by atoms with Crippen LogP contribution in [-0.2, 0) is 19.0 Å². The number of carbonyl (C=O) groups is 3. The van der Waals surface area contributed by atoms with Crippen LogP contribution in [0.4, 0.5) is 9.59 Å². The van der Waals surface area contributed by atoms with Crippen LogP contribution < -0.4 is 0 Å². The van der Waals surface area contributed by atoms with Crippen LogP contribution in [0.5, 0.6) is 0 Å². The fourth-order valence-electron chi connectivity index (χ4n) is 6.59. The van der Waals surface area contributed by atoms with Gasteiger partial charge >= 0.3 is 18.2 Å². The molecule has 0 aromatic heterocycles. The van der Waals surface area contributed by atoms with Gasteiger partial charge in [0, 0.05) is 25.0 Å². The molecular formula is C31H58N2O10. The molecule has 2 heterocycles. The van der Waals surface area contributed by atoms with Gasteiger partial charge in [-0.25, -0.2) is 9.59 Å². The van der Waals surface area contributed by atoms with E-state index in [1.807, 2.05) is 48.7 Å². The van der Waals surface area contributed by atoms with E-state index in [1.54, 1.807) is 20.8 Å². The van der Waals surface area contributed by atoms with Gasteiger partial charge in [0.25, 0.3) is 0 Å². The highest BCUT2D eigenvalue weighted by molar-refractivity contribution is 5.73. The molecule has 0 aliphatic carbocycles. The lowest BCUT2D eigenvalue weighted by atomic mass is 9.84. The first-order valence-corrected chi connectivity index (χ1v) is 15.6. The smallest absolute Gasteiger partial charge is 0.465 e. The zero-order valence-corrected chi connectivity index (χ0v) is 27.9. The molecule has 2 fully saturated rings. The predicted octanol–water partition coefficient (Wildman–Crippen LogP) is 4.65. The SMILES string of the molecule is CC1CC(N(C)C)CC(O)O1.CCC1OC(=O)C(C)C(O)C(C)CC(C)C[C@@H](C)N(C(=O)O)C[C@H](C)C[C@]1(C)OC(=O)O. The third-order valence-corrected chi connectivity index (χ3v) is 8.85. The quantitative estimate of drug-likeness (QED) is 0.325. The van der Waals surface area contributed by atoms with Crippen LogP contribution in [-0.4, -0.2) is 111 Å². The van der Waals surface area contributed by atoms with Gasteiger partial charge in [-0.1, -0.05) is 27.7 Å². The number of carboxylic acid groups (broad SMARTS) is 2. The molecular weight excluding hydrogens is 560 g/mol. The zero-order valence-electron chi connectivity index (χ0n) is 27.9. The molecule has 8 unspecified atom stereocenters. The first-order chi connectivity index (χ1) is 19.8. The Morgan fingerprint density at radius 1 is 1.00 bits per heavy atom. The maximum atomic E-state index is 12.8. The summed E-state index contributed by atoms with van der Waals surface area (Å²) in [6.45, 7) is 14.7. The van der Waals surface area contributed by atoms with Crippen LogP contribution in [0.3, 0.4) is 0 Å². The summed E-state index contributed by atoms with van der Waals surface area (Å²) in [6, 6.07) is 0.206. The number of aliphatic hydroxyl groups is 2. The second-order valence-electron chi connectivity index (χ2n) is 13.4. The van der Waals surface area contributed by atoms with Crippen LogP contribution in [0, 0.1) is 23.7 Å². The van der Waals surface area contributed by atoms with Gasteiger partial charge in [0.05, 0.1) is 18.1 Å². The molecule has 0 aromatic carbocycles. The molecule has 12 heteroatoms. The number of ether oxygens (including phenoxy) is 3. The van der Waals surface area contributed by atoms with E-state index in [-0.39, 0.29) is 42.9 Å². The minimum absolute atomic E-state index is 0.129. The van der Waals surface area contributed by atoms with E-state index in [1.165, 1.54) is 4.90 Å². The van der Waals surface area contributed by atoms with Crippen molar-refractivity contribution in [3.05, 3.63) is 0 Å². The fraction of sp³-hybridized carbons (Fsp3) is 0.903. The van der Waals surface area contributed by atoms with Crippen molar-refractivity contribution >= 4 is 18.2 Å². The van der Waals surface area contributed by atoms with Crippen molar-refractivity contribution in [1.82, 2.24) is 9.80 Å². The second kappa shape index (κ2) is 17.4. The van der Waals surface area contributed by atoms with E-state index in [2.05, 4.69) is 4.90 Å². The summed E-state index contributed by atoms with van der Waals surface area (Å²) >= 11 is 0. The van der Waals surface area contributed by atoms with E-state index in [9.17, 15) is 34.8 Å². The molecule has 252 valence electrons. The van der Waals surface area contributed by atoms with Crippen LogP contribution in [0.25, 0.3) is 0 Å². The van der Waals surface area contributed by atoms with Crippen molar-refractivity contribution in [3.8, 4) is 0 Å². The summed E-state index contributed by atoms with van der Waals surface area (Å²) in [6.07, 6.45) is -1.27. The maximum Gasteiger partial charge on any atom is 0.506 e. The van der Waals surface area contributed by atoms with Crippen molar-refractivity contribution in [2.24, 2.45) is 23.7 Å². The molecule has 2 rings (SSSR count). The minimum atomic E-state index is -1.49. The van der Waals surface area contributed by atoms with Gasteiger partial charge < -0.3 is 44.4 Å². The zero-order chi connectivity index (χ0) is 33.2. The number of rotatable bonds is 3. The Morgan fingerprint density at radius 3 is 2.09 bits per heavy atom. The Hall–Kier alpha value is -2.15. The molecule has 0 saturated carbocycles. The average molecular weight is 619 g/mol. The molecule has 12 nitrogen and oxygen atoms in total. The third-order valence-electron chi connectivity index (χ3n) is 8.85. The van der Waals surface area contributed by atoms with Gasteiger partial charge in [0.1, 0.15) is 11.7 Å². The topological polar surface area (TPSA) is 166 Å². The molecule has 4 N–H and O–H groups in total. The molecule has 2 aliphatic heterocycles. The van der Waals surface area contributed by atoms with Crippen LogP contribution in [0.2, 0.25) is 0 Å². The number of carbonyl (C=O) groups excluding carboxylic acids is 1. The van der Waals surface area contributed by atoms with Gasteiger partial charge in [-0.3, -0.25) is 4.79 Å². The summed E-state index contributed by atoms with van der Waals surface area (Å²) in [5.41, 5.74) is -1.37. The van der Waals surface area contributed by atoms with Crippen LogP contribution in [0.1, 0.15) is 93.9 Å². The number of hydrogen-bond donors (Lipinski definition) is 4. The molecule has 1 amide bonds. The van der Waals surface area contributed by atoms with Crippen molar-refractivity contribution in [3.63, 3.8) is 0 Å². The number of amides is 1.